The number of carbonyl (C=O) groups is 3. The first kappa shape index (κ1) is 19.6. The fourth-order valence-corrected chi connectivity index (χ4v) is 5.60. The Kier molecular flexibility index (Phi) is 5.99. The van der Waals surface area contributed by atoms with Crippen LogP contribution in [0.25, 0.3) is 0 Å². The molecule has 3 rings (SSSR count). The number of hydrogen-bond acceptors (Lipinski definition) is 5. The van der Waals surface area contributed by atoms with Crippen LogP contribution in [0.1, 0.15) is 59.8 Å². The molecular weight excluding hydrogens is 364 g/mol. The average molecular weight is 389 g/mol. The highest BCUT2D eigenvalue weighted by molar-refractivity contribution is 7.17. The van der Waals surface area contributed by atoms with Crippen molar-refractivity contribution in [3.8, 4) is 0 Å². The maximum absolute atomic E-state index is 12.8. The van der Waals surface area contributed by atoms with Crippen molar-refractivity contribution in [2.45, 2.75) is 51.9 Å². The van der Waals surface area contributed by atoms with E-state index in [9.17, 15) is 19.5 Å². The van der Waals surface area contributed by atoms with Crippen molar-refractivity contribution >= 4 is 34.1 Å². The summed E-state index contributed by atoms with van der Waals surface area (Å²) in [5.41, 5.74) is 6.96. The highest BCUT2D eigenvalue weighted by Crippen LogP contribution is 2.41. The molecule has 1 heterocycles. The number of anilines is 1. The standard InChI is InChI=1S/C20H26N2O4S/c1-2-5-11-8-9-14-15(10-11)27-19(16(14)17(21)23)22-18(24)12-6-3-4-7-13(12)20(25)26/h3-4,11-13H,2,5-10H2,1H3,(H2,21,23)(H,22,24)(H,25,26)/p-1/t11-,12-,13+/m1/s1. The van der Waals surface area contributed by atoms with Crippen LogP contribution in [0.3, 0.4) is 0 Å². The Morgan fingerprint density at radius 3 is 2.59 bits per heavy atom. The number of aliphatic carboxylic acids is 1. The summed E-state index contributed by atoms with van der Waals surface area (Å²) in [5, 5.41) is 14.6. The molecule has 1 aromatic heterocycles. The summed E-state index contributed by atoms with van der Waals surface area (Å²) in [6, 6.07) is 0. The molecular formula is C20H25N2O4S-. The maximum Gasteiger partial charge on any atom is 0.251 e. The fraction of sp³-hybridized carbons (Fsp3) is 0.550. The van der Waals surface area contributed by atoms with Crippen molar-refractivity contribution in [2.75, 3.05) is 5.32 Å². The molecule has 2 aliphatic rings. The largest absolute Gasteiger partial charge is 0.550 e. The minimum Gasteiger partial charge on any atom is -0.550 e. The molecule has 3 atom stereocenters. The van der Waals surface area contributed by atoms with Crippen molar-refractivity contribution < 1.29 is 19.5 Å². The van der Waals surface area contributed by atoms with E-state index < -0.39 is 23.7 Å². The van der Waals surface area contributed by atoms with Crippen LogP contribution in [-0.2, 0) is 22.4 Å². The van der Waals surface area contributed by atoms with Gasteiger partial charge in [0.15, 0.2) is 0 Å². The normalized spacial score (nSPS) is 24.3. The van der Waals surface area contributed by atoms with Gasteiger partial charge in [0, 0.05) is 16.8 Å². The van der Waals surface area contributed by atoms with Gasteiger partial charge in [-0.05, 0) is 43.6 Å². The summed E-state index contributed by atoms with van der Waals surface area (Å²) in [6.07, 6.45) is 9.18. The van der Waals surface area contributed by atoms with Gasteiger partial charge >= 0.3 is 0 Å². The summed E-state index contributed by atoms with van der Waals surface area (Å²) < 4.78 is 0. The molecule has 27 heavy (non-hydrogen) atoms. The Morgan fingerprint density at radius 1 is 1.26 bits per heavy atom. The number of amides is 2. The van der Waals surface area contributed by atoms with E-state index in [0.29, 0.717) is 22.9 Å². The molecule has 0 saturated carbocycles. The van der Waals surface area contributed by atoms with E-state index >= 15 is 0 Å². The molecule has 0 unspecified atom stereocenters. The lowest BCUT2D eigenvalue weighted by Crippen LogP contribution is -2.41. The Morgan fingerprint density at radius 2 is 1.96 bits per heavy atom. The number of rotatable bonds is 6. The van der Waals surface area contributed by atoms with Crippen LogP contribution in [0, 0.1) is 17.8 Å². The third-order valence-corrected chi connectivity index (χ3v) is 6.79. The molecule has 0 aromatic carbocycles. The number of primary amides is 1. The van der Waals surface area contributed by atoms with Gasteiger partial charge in [0.25, 0.3) is 5.91 Å². The number of nitrogens with two attached hydrogens (primary N) is 1. The van der Waals surface area contributed by atoms with Gasteiger partial charge in [-0.3, -0.25) is 9.59 Å². The molecule has 146 valence electrons. The Hall–Kier alpha value is -2.15. The zero-order valence-electron chi connectivity index (χ0n) is 15.5. The summed E-state index contributed by atoms with van der Waals surface area (Å²) in [7, 11) is 0. The van der Waals surface area contributed by atoms with Crippen molar-refractivity contribution in [3.63, 3.8) is 0 Å². The zero-order chi connectivity index (χ0) is 19.6. The zero-order valence-corrected chi connectivity index (χ0v) is 16.3. The quantitative estimate of drug-likeness (QED) is 0.725. The first-order chi connectivity index (χ1) is 12.9. The minimum atomic E-state index is -1.22. The van der Waals surface area contributed by atoms with Crippen molar-refractivity contribution in [2.24, 2.45) is 23.5 Å². The molecule has 0 saturated heterocycles. The van der Waals surface area contributed by atoms with Crippen LogP contribution in [-0.4, -0.2) is 17.8 Å². The molecule has 0 spiro atoms. The maximum atomic E-state index is 12.8. The molecule has 2 amide bonds. The van der Waals surface area contributed by atoms with Crippen LogP contribution in [0.15, 0.2) is 12.2 Å². The van der Waals surface area contributed by atoms with Gasteiger partial charge in [0.05, 0.1) is 11.5 Å². The Balaban J connectivity index is 1.84. The first-order valence-corrected chi connectivity index (χ1v) is 10.3. The molecule has 3 N–H and O–H groups in total. The lowest BCUT2D eigenvalue weighted by molar-refractivity contribution is -0.313. The second-order valence-corrected chi connectivity index (χ2v) is 8.54. The van der Waals surface area contributed by atoms with Crippen molar-refractivity contribution in [1.82, 2.24) is 0 Å². The second-order valence-electron chi connectivity index (χ2n) is 7.43. The topological polar surface area (TPSA) is 112 Å². The number of hydrogen-bond donors (Lipinski definition) is 2. The molecule has 0 bridgehead atoms. The summed E-state index contributed by atoms with van der Waals surface area (Å²) in [5.74, 6) is -3.11. The highest BCUT2D eigenvalue weighted by atomic mass is 32.1. The molecule has 6 nitrogen and oxygen atoms in total. The van der Waals surface area contributed by atoms with Crippen LogP contribution in [0.2, 0.25) is 0 Å². The van der Waals surface area contributed by atoms with E-state index in [1.807, 2.05) is 6.08 Å². The predicted molar refractivity (Wildman–Crippen MR) is 102 cm³/mol. The summed E-state index contributed by atoms with van der Waals surface area (Å²) >= 11 is 1.41. The van der Waals surface area contributed by atoms with Gasteiger partial charge in [-0.1, -0.05) is 31.9 Å². The summed E-state index contributed by atoms with van der Waals surface area (Å²) in [4.78, 5) is 37.3. The molecule has 1 aromatic rings. The van der Waals surface area contributed by atoms with Crippen LogP contribution >= 0.6 is 11.3 Å². The SMILES string of the molecule is CCC[C@@H]1CCc2c(sc(NC(=O)[C@@H]3CC=CC[C@@H]3C(=O)[O-])c2C(N)=O)C1. The fourth-order valence-electron chi connectivity index (χ4n) is 4.23. The number of nitrogens with one attached hydrogen (secondary N) is 1. The first-order valence-electron chi connectivity index (χ1n) is 9.53. The van der Waals surface area contributed by atoms with Gasteiger partial charge in [0.1, 0.15) is 5.00 Å². The Labute approximate surface area is 162 Å². The van der Waals surface area contributed by atoms with Crippen molar-refractivity contribution in [1.29, 1.82) is 0 Å². The number of fused-ring (bicyclic) bond motifs is 1. The lowest BCUT2D eigenvalue weighted by atomic mass is 9.82. The minimum absolute atomic E-state index is 0.280. The van der Waals surface area contributed by atoms with E-state index in [-0.39, 0.29) is 12.3 Å². The number of carboxylic acid groups (broad SMARTS) is 1. The predicted octanol–water partition coefficient (Wildman–Crippen LogP) is 2.02. The average Bonchev–Trinajstić information content (AvgIpc) is 2.99. The van der Waals surface area contributed by atoms with Crippen LogP contribution < -0.4 is 16.2 Å². The van der Waals surface area contributed by atoms with Gasteiger partial charge in [-0.25, -0.2) is 0 Å². The third-order valence-electron chi connectivity index (χ3n) is 5.62. The van der Waals surface area contributed by atoms with E-state index in [1.54, 1.807) is 6.08 Å². The van der Waals surface area contributed by atoms with Gasteiger partial charge in [0.2, 0.25) is 5.91 Å². The van der Waals surface area contributed by atoms with Gasteiger partial charge < -0.3 is 21.0 Å². The van der Waals surface area contributed by atoms with E-state index in [1.165, 1.54) is 11.3 Å². The van der Waals surface area contributed by atoms with Crippen LogP contribution in [0.4, 0.5) is 5.00 Å². The molecule has 0 aliphatic heterocycles. The molecule has 0 radical (unpaired) electrons. The van der Waals surface area contributed by atoms with E-state index in [0.717, 1.165) is 42.5 Å². The number of thiophene rings is 1. The number of allylic oxidation sites excluding steroid dienone is 2. The van der Waals surface area contributed by atoms with Gasteiger partial charge in [-0.2, -0.15) is 0 Å². The molecule has 7 heteroatoms. The van der Waals surface area contributed by atoms with Crippen molar-refractivity contribution in [3.05, 3.63) is 28.2 Å². The van der Waals surface area contributed by atoms with Crippen LogP contribution in [0.5, 0.6) is 0 Å². The molecule has 0 fully saturated rings. The smallest absolute Gasteiger partial charge is 0.251 e. The van der Waals surface area contributed by atoms with E-state index in [4.69, 9.17) is 5.73 Å². The monoisotopic (exact) mass is 389 g/mol. The number of carbonyl (C=O) groups excluding carboxylic acids is 3. The van der Waals surface area contributed by atoms with E-state index in [2.05, 4.69) is 12.2 Å². The molecule has 2 aliphatic carbocycles. The Bertz CT molecular complexity index is 783. The highest BCUT2D eigenvalue weighted by Gasteiger charge is 2.33. The second kappa shape index (κ2) is 8.25. The van der Waals surface area contributed by atoms with Gasteiger partial charge in [-0.15, -0.1) is 11.3 Å². The summed E-state index contributed by atoms with van der Waals surface area (Å²) in [6.45, 7) is 2.16. The lowest BCUT2D eigenvalue weighted by Gasteiger charge is -2.28. The number of carboxylic acids is 1. The third kappa shape index (κ3) is 4.08.